The second kappa shape index (κ2) is 7.05. The molecule has 0 heterocycles. The number of nitrogens with one attached hydrogen (secondary N) is 2. The van der Waals surface area contributed by atoms with Gasteiger partial charge in [0.05, 0.1) is 0 Å². The Bertz CT molecular complexity index is 461. The largest absolute Gasteiger partial charge is 0.352 e. The average molecular weight is 277 g/mol. The number of benzene rings is 1. The van der Waals surface area contributed by atoms with Crippen LogP contribution in [0.25, 0.3) is 0 Å². The zero-order chi connectivity index (χ0) is 15.2. The highest BCUT2D eigenvalue weighted by atomic mass is 16.2. The van der Waals surface area contributed by atoms with Crippen LogP contribution in [0.15, 0.2) is 24.3 Å². The van der Waals surface area contributed by atoms with Gasteiger partial charge in [-0.2, -0.15) is 0 Å². The summed E-state index contributed by atoms with van der Waals surface area (Å²) in [7, 11) is 0. The van der Waals surface area contributed by atoms with Gasteiger partial charge in [0.15, 0.2) is 0 Å². The Kier molecular flexibility index (Phi) is 5.70. The molecule has 20 heavy (non-hydrogen) atoms. The van der Waals surface area contributed by atoms with Crippen molar-refractivity contribution in [2.45, 2.75) is 39.2 Å². The van der Waals surface area contributed by atoms with Crippen molar-refractivity contribution in [3.63, 3.8) is 0 Å². The summed E-state index contributed by atoms with van der Waals surface area (Å²) in [6, 6.07) is 6.81. The van der Waals surface area contributed by atoms with E-state index in [-0.39, 0.29) is 17.4 Å². The van der Waals surface area contributed by atoms with Crippen LogP contribution in [0.5, 0.6) is 0 Å². The molecule has 0 radical (unpaired) electrons. The Morgan fingerprint density at radius 2 is 1.80 bits per heavy atom. The Hall–Kier alpha value is -1.88. The van der Waals surface area contributed by atoms with E-state index in [1.54, 1.807) is 24.3 Å². The summed E-state index contributed by atoms with van der Waals surface area (Å²) in [5.74, 6) is -0.190. The molecule has 0 saturated heterocycles. The monoisotopic (exact) mass is 277 g/mol. The number of hydrogen-bond donors (Lipinski definition) is 3. The molecule has 110 valence electrons. The third kappa shape index (κ3) is 5.84. The van der Waals surface area contributed by atoms with Gasteiger partial charge in [-0.3, -0.25) is 9.59 Å². The maximum absolute atomic E-state index is 11.7. The number of anilines is 1. The van der Waals surface area contributed by atoms with Gasteiger partial charge in [0.1, 0.15) is 0 Å². The Morgan fingerprint density at radius 3 is 2.30 bits per heavy atom. The molecule has 0 aromatic heterocycles. The zero-order valence-corrected chi connectivity index (χ0v) is 12.3. The molecule has 0 saturated carbocycles. The molecule has 4 N–H and O–H groups in total. The molecule has 0 atom stereocenters. The lowest BCUT2D eigenvalue weighted by Gasteiger charge is -2.17. The van der Waals surface area contributed by atoms with E-state index in [1.165, 1.54) is 0 Å². The predicted molar refractivity (Wildman–Crippen MR) is 80.6 cm³/mol. The summed E-state index contributed by atoms with van der Waals surface area (Å²) in [6.45, 7) is 6.24. The first-order chi connectivity index (χ1) is 9.31. The highest BCUT2D eigenvalue weighted by Crippen LogP contribution is 2.12. The summed E-state index contributed by atoms with van der Waals surface area (Å²) in [4.78, 5) is 23.3. The molecule has 1 rings (SSSR count). The van der Waals surface area contributed by atoms with E-state index < -0.39 is 0 Å². The van der Waals surface area contributed by atoms with Crippen LogP contribution in [0.3, 0.4) is 0 Å². The van der Waals surface area contributed by atoms with Crippen LogP contribution in [-0.2, 0) is 4.79 Å². The molecule has 0 bridgehead atoms. The smallest absolute Gasteiger partial charge is 0.251 e. The third-order valence-corrected chi connectivity index (χ3v) is 2.76. The Labute approximate surface area is 119 Å². The quantitative estimate of drug-likeness (QED) is 0.742. The first kappa shape index (κ1) is 16.2. The maximum atomic E-state index is 11.7. The van der Waals surface area contributed by atoms with Gasteiger partial charge < -0.3 is 16.4 Å². The van der Waals surface area contributed by atoms with Gasteiger partial charge in [-0.25, -0.2) is 0 Å². The van der Waals surface area contributed by atoms with Crippen molar-refractivity contribution in [2.75, 3.05) is 11.9 Å². The lowest BCUT2D eigenvalue weighted by molar-refractivity contribution is -0.116. The molecule has 0 unspecified atom stereocenters. The van der Waals surface area contributed by atoms with Crippen molar-refractivity contribution >= 4 is 17.5 Å². The minimum Gasteiger partial charge on any atom is -0.352 e. The molecular formula is C15H23N3O2. The number of amides is 2. The third-order valence-electron chi connectivity index (χ3n) is 2.76. The molecule has 5 heteroatoms. The van der Waals surface area contributed by atoms with Crippen molar-refractivity contribution in [3.05, 3.63) is 29.8 Å². The minimum atomic E-state index is -0.348. The maximum Gasteiger partial charge on any atom is 0.251 e. The minimum absolute atomic E-state index is 0.0747. The summed E-state index contributed by atoms with van der Waals surface area (Å²) in [5.41, 5.74) is 6.74. The predicted octanol–water partition coefficient (Wildman–Crippen LogP) is 1.89. The molecule has 5 nitrogen and oxygen atoms in total. The Morgan fingerprint density at radius 1 is 1.20 bits per heavy atom. The SMILES string of the molecule is CCNC(=O)c1ccc(NC(=O)CCC(C)(C)N)cc1. The molecule has 0 fully saturated rings. The van der Waals surface area contributed by atoms with E-state index >= 15 is 0 Å². The molecule has 0 aliphatic heterocycles. The van der Waals surface area contributed by atoms with Crippen molar-refractivity contribution in [3.8, 4) is 0 Å². The second-order valence-electron chi connectivity index (χ2n) is 5.47. The van der Waals surface area contributed by atoms with E-state index in [1.807, 2.05) is 20.8 Å². The van der Waals surface area contributed by atoms with Gasteiger partial charge in [0.2, 0.25) is 5.91 Å². The molecule has 0 aliphatic rings. The highest BCUT2D eigenvalue weighted by molar-refractivity contribution is 5.95. The molecular weight excluding hydrogens is 254 g/mol. The summed E-state index contributed by atoms with van der Waals surface area (Å²) >= 11 is 0. The van der Waals surface area contributed by atoms with Crippen LogP contribution in [-0.4, -0.2) is 23.9 Å². The zero-order valence-electron chi connectivity index (χ0n) is 12.3. The van der Waals surface area contributed by atoms with Crippen molar-refractivity contribution in [1.82, 2.24) is 5.32 Å². The van der Waals surface area contributed by atoms with Crippen molar-refractivity contribution in [2.24, 2.45) is 5.73 Å². The van der Waals surface area contributed by atoms with E-state index in [0.717, 1.165) is 0 Å². The van der Waals surface area contributed by atoms with Crippen LogP contribution in [0.2, 0.25) is 0 Å². The normalized spacial score (nSPS) is 11.0. The van der Waals surface area contributed by atoms with Gasteiger partial charge in [0.25, 0.3) is 5.91 Å². The number of carbonyl (C=O) groups excluding carboxylic acids is 2. The fourth-order valence-electron chi connectivity index (χ4n) is 1.63. The molecule has 2 amide bonds. The van der Waals surface area contributed by atoms with Crippen molar-refractivity contribution in [1.29, 1.82) is 0 Å². The van der Waals surface area contributed by atoms with Gasteiger partial charge in [-0.15, -0.1) is 0 Å². The van der Waals surface area contributed by atoms with Crippen LogP contribution in [0.1, 0.15) is 44.0 Å². The van der Waals surface area contributed by atoms with Gasteiger partial charge in [-0.1, -0.05) is 0 Å². The van der Waals surface area contributed by atoms with E-state index in [2.05, 4.69) is 10.6 Å². The van der Waals surface area contributed by atoms with Crippen LogP contribution in [0.4, 0.5) is 5.69 Å². The fraction of sp³-hybridized carbons (Fsp3) is 0.467. The summed E-state index contributed by atoms with van der Waals surface area (Å²) < 4.78 is 0. The van der Waals surface area contributed by atoms with Gasteiger partial charge in [-0.05, 0) is 51.5 Å². The lowest BCUT2D eigenvalue weighted by atomic mass is 10.00. The first-order valence-corrected chi connectivity index (χ1v) is 6.79. The van der Waals surface area contributed by atoms with E-state index in [0.29, 0.717) is 30.6 Å². The number of rotatable bonds is 6. The molecule has 1 aromatic carbocycles. The molecule has 0 spiro atoms. The number of carbonyl (C=O) groups is 2. The fourth-order valence-corrected chi connectivity index (χ4v) is 1.63. The highest BCUT2D eigenvalue weighted by Gasteiger charge is 2.13. The number of nitrogens with two attached hydrogens (primary N) is 1. The second-order valence-corrected chi connectivity index (χ2v) is 5.47. The van der Waals surface area contributed by atoms with Crippen LogP contribution in [0, 0.1) is 0 Å². The van der Waals surface area contributed by atoms with Crippen LogP contribution >= 0.6 is 0 Å². The van der Waals surface area contributed by atoms with Gasteiger partial charge in [0, 0.05) is 29.8 Å². The Balaban J connectivity index is 2.53. The van der Waals surface area contributed by atoms with Gasteiger partial charge >= 0.3 is 0 Å². The van der Waals surface area contributed by atoms with E-state index in [4.69, 9.17) is 5.73 Å². The summed E-state index contributed by atoms with van der Waals surface area (Å²) in [5, 5.41) is 5.51. The van der Waals surface area contributed by atoms with Crippen LogP contribution < -0.4 is 16.4 Å². The summed E-state index contributed by atoms with van der Waals surface area (Å²) in [6.07, 6.45) is 0.997. The topological polar surface area (TPSA) is 84.2 Å². The molecule has 1 aromatic rings. The number of hydrogen-bond acceptors (Lipinski definition) is 3. The van der Waals surface area contributed by atoms with Crippen molar-refractivity contribution < 1.29 is 9.59 Å². The first-order valence-electron chi connectivity index (χ1n) is 6.79. The van der Waals surface area contributed by atoms with E-state index in [9.17, 15) is 9.59 Å². The standard InChI is InChI=1S/C15H23N3O2/c1-4-17-14(20)11-5-7-12(8-6-11)18-13(19)9-10-15(2,3)16/h5-8H,4,9-10,16H2,1-3H3,(H,17,20)(H,18,19). The average Bonchev–Trinajstić information content (AvgIpc) is 2.37. The lowest BCUT2D eigenvalue weighted by Crippen LogP contribution is -2.33. The molecule has 0 aliphatic carbocycles.